The van der Waals surface area contributed by atoms with E-state index in [1.165, 1.54) is 30.3 Å². The number of amides is 1. The van der Waals surface area contributed by atoms with Gasteiger partial charge in [-0.2, -0.15) is 8.78 Å². The number of ether oxygens (including phenoxy) is 1. The molecule has 3 aromatic rings. The summed E-state index contributed by atoms with van der Waals surface area (Å²) in [4.78, 5) is 12.3. The fourth-order valence-corrected chi connectivity index (χ4v) is 4.38. The average Bonchev–Trinajstić information content (AvgIpc) is 2.77. The number of carbonyl (C=O) groups excluding carboxylic acids is 1. The van der Waals surface area contributed by atoms with Crippen LogP contribution in [0.15, 0.2) is 77.7 Å². The topological polar surface area (TPSA) is 84.5 Å². The molecule has 3 rings (SSSR count). The Bertz CT molecular complexity index is 1190. The number of para-hydroxylation sites is 1. The Labute approximate surface area is 189 Å². The second-order valence-corrected chi connectivity index (χ2v) is 8.77. The summed E-state index contributed by atoms with van der Waals surface area (Å²) in [5.74, 6) is -0.666. The highest BCUT2D eigenvalue weighted by Crippen LogP contribution is 2.24. The number of hydrogen-bond donors (Lipinski definition) is 2. The van der Waals surface area contributed by atoms with E-state index in [-0.39, 0.29) is 34.3 Å². The van der Waals surface area contributed by atoms with Gasteiger partial charge >= 0.3 is 6.61 Å². The predicted molar refractivity (Wildman–Crippen MR) is 116 cm³/mol. The molecule has 0 aliphatic heterocycles. The van der Waals surface area contributed by atoms with Crippen molar-refractivity contribution < 1.29 is 26.7 Å². The third kappa shape index (κ3) is 6.25. The Hall–Kier alpha value is -3.01. The lowest BCUT2D eigenvalue weighted by Crippen LogP contribution is -2.26. The van der Waals surface area contributed by atoms with Gasteiger partial charge in [0.15, 0.2) is 0 Å². The monoisotopic (exact) mass is 480 g/mol. The maximum absolute atomic E-state index is 12.7. The fourth-order valence-electron chi connectivity index (χ4n) is 2.84. The van der Waals surface area contributed by atoms with Gasteiger partial charge in [-0.1, -0.05) is 60.1 Å². The molecule has 0 unspecified atom stereocenters. The zero-order chi connectivity index (χ0) is 23.1. The van der Waals surface area contributed by atoms with Gasteiger partial charge in [-0.15, -0.1) is 0 Å². The highest BCUT2D eigenvalue weighted by Gasteiger charge is 2.20. The highest BCUT2D eigenvalue weighted by molar-refractivity contribution is 7.89. The molecule has 2 N–H and O–H groups in total. The molecule has 0 heterocycles. The van der Waals surface area contributed by atoms with Crippen molar-refractivity contribution in [1.82, 2.24) is 10.0 Å². The van der Waals surface area contributed by atoms with E-state index in [0.29, 0.717) is 5.56 Å². The SMILES string of the molecule is O=C(NCc1ccccc1OC(F)F)c1ccc(Cl)c(S(=O)(=O)NCc2ccccc2)c1. The molecule has 0 fully saturated rings. The smallest absolute Gasteiger partial charge is 0.387 e. The minimum Gasteiger partial charge on any atom is -0.434 e. The third-order valence-corrected chi connectivity index (χ3v) is 6.30. The number of hydrogen-bond acceptors (Lipinski definition) is 4. The minimum atomic E-state index is -4.00. The maximum Gasteiger partial charge on any atom is 0.387 e. The molecule has 0 aromatic heterocycles. The zero-order valence-corrected chi connectivity index (χ0v) is 18.2. The number of benzene rings is 3. The number of nitrogens with one attached hydrogen (secondary N) is 2. The van der Waals surface area contributed by atoms with E-state index >= 15 is 0 Å². The molecule has 3 aromatic carbocycles. The number of rotatable bonds is 9. The van der Waals surface area contributed by atoms with Crippen molar-refractivity contribution in [3.05, 3.63) is 94.5 Å². The number of alkyl halides is 2. The molecule has 32 heavy (non-hydrogen) atoms. The van der Waals surface area contributed by atoms with Crippen molar-refractivity contribution in [2.75, 3.05) is 0 Å². The van der Waals surface area contributed by atoms with Crippen molar-refractivity contribution in [2.24, 2.45) is 0 Å². The molecule has 168 valence electrons. The molecule has 0 saturated heterocycles. The van der Waals surface area contributed by atoms with Crippen molar-refractivity contribution in [3.63, 3.8) is 0 Å². The van der Waals surface area contributed by atoms with E-state index in [2.05, 4.69) is 14.8 Å². The van der Waals surface area contributed by atoms with Crippen LogP contribution < -0.4 is 14.8 Å². The molecule has 0 saturated carbocycles. The van der Waals surface area contributed by atoms with Crippen LogP contribution in [0, 0.1) is 0 Å². The van der Waals surface area contributed by atoms with Crippen LogP contribution in [0.2, 0.25) is 5.02 Å². The number of sulfonamides is 1. The largest absolute Gasteiger partial charge is 0.434 e. The first-order valence-corrected chi connectivity index (χ1v) is 11.3. The molecule has 0 spiro atoms. The van der Waals surface area contributed by atoms with E-state index in [9.17, 15) is 22.0 Å². The van der Waals surface area contributed by atoms with Crippen LogP contribution in [0.1, 0.15) is 21.5 Å². The van der Waals surface area contributed by atoms with Gasteiger partial charge in [0.25, 0.3) is 5.91 Å². The van der Waals surface area contributed by atoms with E-state index in [4.69, 9.17) is 11.6 Å². The summed E-state index contributed by atoms with van der Waals surface area (Å²) in [6.45, 7) is -3.05. The Kier molecular flexibility index (Phi) is 7.79. The Morgan fingerprint density at radius 1 is 0.969 bits per heavy atom. The van der Waals surface area contributed by atoms with Crippen LogP contribution in [0.3, 0.4) is 0 Å². The van der Waals surface area contributed by atoms with Crippen LogP contribution in [0.25, 0.3) is 0 Å². The fraction of sp³-hybridized carbons (Fsp3) is 0.136. The summed E-state index contributed by atoms with van der Waals surface area (Å²) in [5.41, 5.74) is 1.14. The summed E-state index contributed by atoms with van der Waals surface area (Å²) in [6, 6.07) is 18.8. The maximum atomic E-state index is 12.7. The molecule has 0 bridgehead atoms. The highest BCUT2D eigenvalue weighted by atomic mass is 35.5. The standard InChI is InChI=1S/C22H19ClF2N2O4S/c23-18-11-10-16(12-20(18)32(29,30)27-13-15-6-2-1-3-7-15)21(28)26-14-17-8-4-5-9-19(17)31-22(24)25/h1-12,22,27H,13-14H2,(H,26,28). The molecular formula is C22H19ClF2N2O4S. The second kappa shape index (κ2) is 10.5. The average molecular weight is 481 g/mol. The van der Waals surface area contributed by atoms with Crippen molar-refractivity contribution in [1.29, 1.82) is 0 Å². The summed E-state index contributed by atoms with van der Waals surface area (Å²) < 4.78 is 57.4. The number of halogens is 3. The molecule has 6 nitrogen and oxygen atoms in total. The van der Waals surface area contributed by atoms with Gasteiger partial charge in [0.1, 0.15) is 10.6 Å². The predicted octanol–water partition coefficient (Wildman–Crippen LogP) is 4.35. The van der Waals surface area contributed by atoms with Gasteiger partial charge in [-0.3, -0.25) is 4.79 Å². The lowest BCUT2D eigenvalue weighted by Gasteiger charge is -2.13. The molecule has 1 amide bonds. The quantitative estimate of drug-likeness (QED) is 0.477. The molecule has 0 aliphatic rings. The van der Waals surface area contributed by atoms with Gasteiger partial charge in [0, 0.05) is 24.2 Å². The van der Waals surface area contributed by atoms with E-state index in [0.717, 1.165) is 11.6 Å². The third-order valence-electron chi connectivity index (χ3n) is 4.42. The first kappa shape index (κ1) is 23.6. The van der Waals surface area contributed by atoms with E-state index in [1.807, 2.05) is 6.07 Å². The normalized spacial score (nSPS) is 11.4. The van der Waals surface area contributed by atoms with Crippen LogP contribution in [-0.2, 0) is 23.1 Å². The summed E-state index contributed by atoms with van der Waals surface area (Å²) >= 11 is 6.07. The molecular weight excluding hydrogens is 462 g/mol. The van der Waals surface area contributed by atoms with Crippen molar-refractivity contribution in [3.8, 4) is 5.75 Å². The number of carbonyl (C=O) groups is 1. The lowest BCUT2D eigenvalue weighted by atomic mass is 10.1. The Morgan fingerprint density at radius 2 is 1.66 bits per heavy atom. The molecule has 0 aliphatic carbocycles. The van der Waals surface area contributed by atoms with Crippen LogP contribution >= 0.6 is 11.6 Å². The molecule has 0 radical (unpaired) electrons. The van der Waals surface area contributed by atoms with Crippen molar-refractivity contribution >= 4 is 27.5 Å². The van der Waals surface area contributed by atoms with Crippen LogP contribution in [-0.4, -0.2) is 20.9 Å². The summed E-state index contributed by atoms with van der Waals surface area (Å²) in [6.07, 6.45) is 0. The van der Waals surface area contributed by atoms with Gasteiger partial charge < -0.3 is 10.1 Å². The summed E-state index contributed by atoms with van der Waals surface area (Å²) in [5, 5.41) is 2.52. The first-order valence-electron chi connectivity index (χ1n) is 9.40. The molecule has 0 atom stereocenters. The van der Waals surface area contributed by atoms with E-state index < -0.39 is 22.5 Å². The molecule has 10 heteroatoms. The minimum absolute atomic E-state index is 0.0433. The van der Waals surface area contributed by atoms with Crippen LogP contribution in [0.5, 0.6) is 5.75 Å². The van der Waals surface area contributed by atoms with Gasteiger partial charge in [-0.25, -0.2) is 13.1 Å². The van der Waals surface area contributed by atoms with Gasteiger partial charge in [0.2, 0.25) is 10.0 Å². The Balaban J connectivity index is 1.73. The Morgan fingerprint density at radius 3 is 2.38 bits per heavy atom. The van der Waals surface area contributed by atoms with Gasteiger partial charge in [-0.05, 0) is 29.8 Å². The van der Waals surface area contributed by atoms with Crippen molar-refractivity contribution in [2.45, 2.75) is 24.6 Å². The zero-order valence-electron chi connectivity index (χ0n) is 16.6. The second-order valence-electron chi connectivity index (χ2n) is 6.62. The first-order chi connectivity index (χ1) is 15.3. The van der Waals surface area contributed by atoms with Gasteiger partial charge in [0.05, 0.1) is 5.02 Å². The summed E-state index contributed by atoms with van der Waals surface area (Å²) in [7, 11) is -4.00. The lowest BCUT2D eigenvalue weighted by molar-refractivity contribution is -0.0504. The van der Waals surface area contributed by atoms with E-state index in [1.54, 1.807) is 30.3 Å². The van der Waals surface area contributed by atoms with Crippen LogP contribution in [0.4, 0.5) is 8.78 Å².